The summed E-state index contributed by atoms with van der Waals surface area (Å²) >= 11 is 0. The van der Waals surface area contributed by atoms with Crippen molar-refractivity contribution in [3.63, 3.8) is 0 Å². The first-order valence-electron chi connectivity index (χ1n) is 5.25. The normalized spacial score (nSPS) is 9.94. The van der Waals surface area contributed by atoms with Crippen LogP contribution in [-0.4, -0.2) is 41.2 Å². The standard InChI is InChI=1S/C11H13N5O2/c1-12-10-14-9(15-11(16-10)18-3)7-4-5-13-8(6-7)17-2/h4-6H,1-3H3,(H,12,14,15,16). The molecule has 2 rings (SSSR count). The molecule has 0 aliphatic rings. The first-order chi connectivity index (χ1) is 8.76. The molecule has 0 radical (unpaired) electrons. The van der Waals surface area contributed by atoms with Crippen molar-refractivity contribution >= 4 is 5.95 Å². The number of anilines is 1. The van der Waals surface area contributed by atoms with E-state index in [0.717, 1.165) is 5.56 Å². The largest absolute Gasteiger partial charge is 0.481 e. The van der Waals surface area contributed by atoms with Gasteiger partial charge in [-0.15, -0.1) is 0 Å². The van der Waals surface area contributed by atoms with E-state index in [1.54, 1.807) is 32.5 Å². The van der Waals surface area contributed by atoms with Crippen LogP contribution in [-0.2, 0) is 0 Å². The van der Waals surface area contributed by atoms with E-state index < -0.39 is 0 Å². The molecule has 2 heterocycles. The summed E-state index contributed by atoms with van der Waals surface area (Å²) in [5.74, 6) is 1.43. The molecule has 0 amide bonds. The Kier molecular flexibility index (Phi) is 3.52. The van der Waals surface area contributed by atoms with Crippen molar-refractivity contribution in [1.29, 1.82) is 0 Å². The van der Waals surface area contributed by atoms with Crippen molar-refractivity contribution in [3.05, 3.63) is 18.3 Å². The molecule has 0 bridgehead atoms. The third-order valence-electron chi connectivity index (χ3n) is 2.22. The second kappa shape index (κ2) is 5.26. The Bertz CT molecular complexity index is 524. The highest BCUT2D eigenvalue weighted by atomic mass is 16.5. The first-order valence-corrected chi connectivity index (χ1v) is 5.25. The number of rotatable bonds is 4. The van der Waals surface area contributed by atoms with Gasteiger partial charge in [0.2, 0.25) is 11.8 Å². The Hall–Kier alpha value is -2.44. The van der Waals surface area contributed by atoms with E-state index in [1.807, 2.05) is 0 Å². The van der Waals surface area contributed by atoms with Crippen LogP contribution in [0.4, 0.5) is 5.95 Å². The Morgan fingerprint density at radius 3 is 2.61 bits per heavy atom. The first kappa shape index (κ1) is 12.0. The zero-order valence-corrected chi connectivity index (χ0v) is 10.3. The number of hydrogen-bond donors (Lipinski definition) is 1. The molecular formula is C11H13N5O2. The number of nitrogens with zero attached hydrogens (tertiary/aromatic N) is 4. The van der Waals surface area contributed by atoms with Gasteiger partial charge in [-0.3, -0.25) is 0 Å². The average Bonchev–Trinajstić information content (AvgIpc) is 2.46. The number of nitrogens with one attached hydrogen (secondary N) is 1. The molecule has 1 N–H and O–H groups in total. The molecule has 0 aliphatic heterocycles. The van der Waals surface area contributed by atoms with Crippen molar-refractivity contribution < 1.29 is 9.47 Å². The summed E-state index contributed by atoms with van der Waals surface area (Å²) in [7, 11) is 4.79. The molecule has 0 unspecified atom stereocenters. The number of pyridine rings is 1. The molecule has 7 heteroatoms. The highest BCUT2D eigenvalue weighted by Crippen LogP contribution is 2.20. The van der Waals surface area contributed by atoms with Gasteiger partial charge in [0.25, 0.3) is 0 Å². The van der Waals surface area contributed by atoms with E-state index in [0.29, 0.717) is 17.7 Å². The lowest BCUT2D eigenvalue weighted by atomic mass is 10.2. The predicted octanol–water partition coefficient (Wildman–Crippen LogP) is 0.992. The summed E-state index contributed by atoms with van der Waals surface area (Å²) in [6.07, 6.45) is 1.63. The van der Waals surface area contributed by atoms with Gasteiger partial charge in [0.1, 0.15) is 0 Å². The third-order valence-corrected chi connectivity index (χ3v) is 2.22. The Morgan fingerprint density at radius 2 is 1.94 bits per heavy atom. The number of methoxy groups -OCH3 is 2. The van der Waals surface area contributed by atoms with Crippen LogP contribution in [0.5, 0.6) is 11.9 Å². The fourth-order valence-corrected chi connectivity index (χ4v) is 1.35. The maximum Gasteiger partial charge on any atom is 0.321 e. The Labute approximate surface area is 104 Å². The molecule has 0 saturated carbocycles. The maximum absolute atomic E-state index is 5.06. The molecule has 2 aromatic heterocycles. The molecule has 0 fully saturated rings. The van der Waals surface area contributed by atoms with Crippen molar-refractivity contribution in [2.75, 3.05) is 26.6 Å². The van der Waals surface area contributed by atoms with Crippen molar-refractivity contribution in [2.24, 2.45) is 0 Å². The van der Waals surface area contributed by atoms with Gasteiger partial charge in [0.15, 0.2) is 5.82 Å². The number of hydrogen-bond acceptors (Lipinski definition) is 7. The summed E-state index contributed by atoms with van der Waals surface area (Å²) in [6, 6.07) is 3.78. The van der Waals surface area contributed by atoms with Gasteiger partial charge < -0.3 is 14.8 Å². The number of aromatic nitrogens is 4. The minimum atomic E-state index is 0.250. The van der Waals surface area contributed by atoms with Gasteiger partial charge >= 0.3 is 6.01 Å². The molecule has 2 aromatic rings. The Balaban J connectivity index is 2.48. The lowest BCUT2D eigenvalue weighted by molar-refractivity contribution is 0.379. The lowest BCUT2D eigenvalue weighted by Crippen LogP contribution is -2.03. The molecule has 7 nitrogen and oxygen atoms in total. The topological polar surface area (TPSA) is 82.1 Å². The van der Waals surface area contributed by atoms with E-state index in [1.165, 1.54) is 7.11 Å². The van der Waals surface area contributed by atoms with Crippen LogP contribution < -0.4 is 14.8 Å². The minimum Gasteiger partial charge on any atom is -0.481 e. The molecule has 0 spiro atoms. The fraction of sp³-hybridized carbons (Fsp3) is 0.273. The summed E-state index contributed by atoms with van der Waals surface area (Å²) < 4.78 is 10.1. The van der Waals surface area contributed by atoms with Crippen molar-refractivity contribution in [3.8, 4) is 23.3 Å². The van der Waals surface area contributed by atoms with Crippen LogP contribution in [0, 0.1) is 0 Å². The van der Waals surface area contributed by atoms with Gasteiger partial charge in [0, 0.05) is 24.9 Å². The van der Waals surface area contributed by atoms with Gasteiger partial charge in [-0.1, -0.05) is 0 Å². The molecule has 0 aromatic carbocycles. The van der Waals surface area contributed by atoms with Crippen molar-refractivity contribution in [2.45, 2.75) is 0 Å². The van der Waals surface area contributed by atoms with Gasteiger partial charge in [0.05, 0.1) is 14.2 Å². The summed E-state index contributed by atoms with van der Waals surface area (Å²) in [5, 5.41) is 2.85. The van der Waals surface area contributed by atoms with Crippen molar-refractivity contribution in [1.82, 2.24) is 19.9 Å². The molecular weight excluding hydrogens is 234 g/mol. The van der Waals surface area contributed by atoms with Crippen LogP contribution >= 0.6 is 0 Å². The number of ether oxygens (including phenoxy) is 2. The smallest absolute Gasteiger partial charge is 0.321 e. The van der Waals surface area contributed by atoms with E-state index in [-0.39, 0.29) is 6.01 Å². The third kappa shape index (κ3) is 2.45. The second-order valence-corrected chi connectivity index (χ2v) is 3.31. The fourth-order valence-electron chi connectivity index (χ4n) is 1.35. The highest BCUT2D eigenvalue weighted by Gasteiger charge is 2.09. The quantitative estimate of drug-likeness (QED) is 0.862. The van der Waals surface area contributed by atoms with Gasteiger partial charge in [-0.25, -0.2) is 4.98 Å². The van der Waals surface area contributed by atoms with Crippen LogP contribution in [0.15, 0.2) is 18.3 Å². The van der Waals surface area contributed by atoms with Gasteiger partial charge in [-0.2, -0.15) is 15.0 Å². The summed E-state index contributed by atoms with van der Waals surface area (Å²) in [4.78, 5) is 16.5. The molecule has 18 heavy (non-hydrogen) atoms. The van der Waals surface area contributed by atoms with E-state index in [2.05, 4.69) is 25.3 Å². The highest BCUT2D eigenvalue weighted by molar-refractivity contribution is 5.57. The van der Waals surface area contributed by atoms with E-state index in [4.69, 9.17) is 9.47 Å². The zero-order chi connectivity index (χ0) is 13.0. The van der Waals surface area contributed by atoms with Crippen LogP contribution in [0.25, 0.3) is 11.4 Å². The molecule has 94 valence electrons. The van der Waals surface area contributed by atoms with Crippen LogP contribution in [0.1, 0.15) is 0 Å². The molecule has 0 aliphatic carbocycles. The summed E-state index contributed by atoms with van der Waals surface area (Å²) in [6.45, 7) is 0. The van der Waals surface area contributed by atoms with Crippen LogP contribution in [0.2, 0.25) is 0 Å². The Morgan fingerprint density at radius 1 is 1.11 bits per heavy atom. The predicted molar refractivity (Wildman–Crippen MR) is 65.7 cm³/mol. The maximum atomic E-state index is 5.06. The summed E-state index contributed by atoms with van der Waals surface area (Å²) in [5.41, 5.74) is 0.777. The minimum absolute atomic E-state index is 0.250. The molecule has 0 saturated heterocycles. The average molecular weight is 247 g/mol. The van der Waals surface area contributed by atoms with Gasteiger partial charge in [-0.05, 0) is 6.07 Å². The monoisotopic (exact) mass is 247 g/mol. The van der Waals surface area contributed by atoms with Crippen LogP contribution in [0.3, 0.4) is 0 Å². The second-order valence-electron chi connectivity index (χ2n) is 3.31. The van der Waals surface area contributed by atoms with E-state index in [9.17, 15) is 0 Å². The zero-order valence-electron chi connectivity index (χ0n) is 10.3. The van der Waals surface area contributed by atoms with E-state index >= 15 is 0 Å². The lowest BCUT2D eigenvalue weighted by Gasteiger charge is -2.06. The molecule has 0 atom stereocenters. The SMILES string of the molecule is CNc1nc(OC)nc(-c2ccnc(OC)c2)n1.